The van der Waals surface area contributed by atoms with Crippen molar-refractivity contribution >= 4 is 22.4 Å². The number of rotatable bonds is 3. The summed E-state index contributed by atoms with van der Waals surface area (Å²) in [6.07, 6.45) is 2.86. The molecule has 5 nitrogen and oxygen atoms in total. The van der Waals surface area contributed by atoms with Crippen LogP contribution in [0.15, 0.2) is 6.20 Å². The van der Waals surface area contributed by atoms with Gasteiger partial charge in [-0.05, 0) is 12.3 Å². The molecule has 0 aromatic carbocycles. The molecule has 1 aliphatic rings. The zero-order valence-corrected chi connectivity index (χ0v) is 11.7. The predicted octanol–water partition coefficient (Wildman–Crippen LogP) is 1.07. The molecular formula is C12H20N4OS. The maximum Gasteiger partial charge on any atom is 0.217 e. The quantitative estimate of drug-likeness (QED) is 0.860. The van der Waals surface area contributed by atoms with Crippen molar-refractivity contribution in [1.29, 1.82) is 0 Å². The van der Waals surface area contributed by atoms with Gasteiger partial charge in [0.15, 0.2) is 5.13 Å². The van der Waals surface area contributed by atoms with Crippen LogP contribution in [0.3, 0.4) is 0 Å². The Hall–Kier alpha value is -1.14. The normalized spacial score (nSPS) is 25.0. The van der Waals surface area contributed by atoms with Crippen LogP contribution in [0.2, 0.25) is 0 Å². The molecule has 1 aromatic heterocycles. The molecule has 2 atom stereocenters. The first-order valence-corrected chi connectivity index (χ1v) is 7.06. The van der Waals surface area contributed by atoms with Gasteiger partial charge in [-0.3, -0.25) is 9.69 Å². The number of thiazole rings is 1. The highest BCUT2D eigenvalue weighted by Crippen LogP contribution is 2.22. The van der Waals surface area contributed by atoms with E-state index in [0.717, 1.165) is 26.1 Å². The number of amides is 1. The van der Waals surface area contributed by atoms with Gasteiger partial charge in [0.25, 0.3) is 0 Å². The minimum atomic E-state index is 0.0653. The zero-order valence-electron chi connectivity index (χ0n) is 10.8. The molecule has 3 N–H and O–H groups in total. The highest BCUT2D eigenvalue weighted by Gasteiger charge is 2.26. The van der Waals surface area contributed by atoms with Crippen LogP contribution < -0.4 is 11.1 Å². The molecule has 2 unspecified atom stereocenters. The molecular weight excluding hydrogens is 248 g/mol. The Morgan fingerprint density at radius 2 is 2.50 bits per heavy atom. The van der Waals surface area contributed by atoms with E-state index in [1.54, 1.807) is 18.3 Å². The van der Waals surface area contributed by atoms with E-state index in [1.165, 1.54) is 4.88 Å². The third kappa shape index (κ3) is 3.43. The van der Waals surface area contributed by atoms with Crippen molar-refractivity contribution in [3.05, 3.63) is 11.1 Å². The second-order valence-electron chi connectivity index (χ2n) is 4.97. The van der Waals surface area contributed by atoms with Crippen LogP contribution in [0.4, 0.5) is 5.13 Å². The lowest BCUT2D eigenvalue weighted by Gasteiger charge is -2.36. The summed E-state index contributed by atoms with van der Waals surface area (Å²) in [4.78, 5) is 18.8. The van der Waals surface area contributed by atoms with Crippen LogP contribution >= 0.6 is 11.3 Å². The molecule has 1 fully saturated rings. The summed E-state index contributed by atoms with van der Waals surface area (Å²) in [5.74, 6) is 0.545. The van der Waals surface area contributed by atoms with E-state index in [1.807, 2.05) is 6.20 Å². The lowest BCUT2D eigenvalue weighted by Crippen LogP contribution is -2.49. The summed E-state index contributed by atoms with van der Waals surface area (Å²) in [5.41, 5.74) is 5.63. The Labute approximate surface area is 111 Å². The smallest absolute Gasteiger partial charge is 0.217 e. The lowest BCUT2D eigenvalue weighted by atomic mass is 9.94. The number of nitrogens with two attached hydrogens (primary N) is 1. The van der Waals surface area contributed by atoms with Crippen LogP contribution in [0.5, 0.6) is 0 Å². The van der Waals surface area contributed by atoms with Gasteiger partial charge in [0.05, 0.1) is 0 Å². The summed E-state index contributed by atoms with van der Waals surface area (Å²) >= 11 is 1.55. The van der Waals surface area contributed by atoms with Gasteiger partial charge in [0.1, 0.15) is 0 Å². The molecule has 100 valence electrons. The monoisotopic (exact) mass is 268 g/mol. The lowest BCUT2D eigenvalue weighted by molar-refractivity contribution is -0.120. The zero-order chi connectivity index (χ0) is 13.1. The van der Waals surface area contributed by atoms with Crippen molar-refractivity contribution in [2.75, 3.05) is 18.8 Å². The molecule has 0 aliphatic carbocycles. The molecule has 1 aromatic rings. The number of nitrogens with one attached hydrogen (secondary N) is 1. The molecule has 0 spiro atoms. The number of anilines is 1. The van der Waals surface area contributed by atoms with E-state index in [2.05, 4.69) is 22.1 Å². The molecule has 6 heteroatoms. The Morgan fingerprint density at radius 1 is 1.72 bits per heavy atom. The minimum absolute atomic E-state index is 0.0653. The van der Waals surface area contributed by atoms with Crippen molar-refractivity contribution in [3.8, 4) is 0 Å². The summed E-state index contributed by atoms with van der Waals surface area (Å²) in [6, 6.07) is 0.310. The number of hydrogen-bond acceptors (Lipinski definition) is 5. The van der Waals surface area contributed by atoms with Crippen LogP contribution in [-0.2, 0) is 11.3 Å². The van der Waals surface area contributed by atoms with Crippen molar-refractivity contribution in [2.45, 2.75) is 32.9 Å². The van der Waals surface area contributed by atoms with Gasteiger partial charge in [-0.1, -0.05) is 6.92 Å². The summed E-state index contributed by atoms with van der Waals surface area (Å²) in [6.45, 7) is 6.69. The third-order valence-corrected chi connectivity index (χ3v) is 4.14. The number of nitrogen functional groups attached to an aromatic ring is 1. The first-order chi connectivity index (χ1) is 8.54. The Balaban J connectivity index is 1.86. The van der Waals surface area contributed by atoms with E-state index in [-0.39, 0.29) is 5.91 Å². The van der Waals surface area contributed by atoms with Gasteiger partial charge >= 0.3 is 0 Å². The number of hydrogen-bond donors (Lipinski definition) is 2. The van der Waals surface area contributed by atoms with E-state index < -0.39 is 0 Å². The number of likely N-dealkylation sites (tertiary alicyclic amines) is 1. The highest BCUT2D eigenvalue weighted by molar-refractivity contribution is 7.15. The Kier molecular flexibility index (Phi) is 4.19. The van der Waals surface area contributed by atoms with Crippen molar-refractivity contribution in [2.24, 2.45) is 5.92 Å². The number of nitrogens with zero attached hydrogens (tertiary/aromatic N) is 2. The Bertz CT molecular complexity index is 420. The molecule has 1 amide bonds. The maximum absolute atomic E-state index is 11.1. The van der Waals surface area contributed by atoms with Gasteiger partial charge < -0.3 is 11.1 Å². The average Bonchev–Trinajstić information content (AvgIpc) is 2.68. The largest absolute Gasteiger partial charge is 0.375 e. The van der Waals surface area contributed by atoms with Gasteiger partial charge in [-0.15, -0.1) is 11.3 Å². The van der Waals surface area contributed by atoms with E-state index in [9.17, 15) is 4.79 Å². The average molecular weight is 268 g/mol. The molecule has 1 saturated heterocycles. The fourth-order valence-corrected chi connectivity index (χ4v) is 3.19. The van der Waals surface area contributed by atoms with Crippen molar-refractivity contribution < 1.29 is 4.79 Å². The summed E-state index contributed by atoms with van der Waals surface area (Å²) in [5, 5.41) is 3.66. The van der Waals surface area contributed by atoms with Crippen molar-refractivity contribution in [1.82, 2.24) is 15.2 Å². The van der Waals surface area contributed by atoms with Crippen LogP contribution in [-0.4, -0.2) is 34.9 Å². The summed E-state index contributed by atoms with van der Waals surface area (Å²) in [7, 11) is 0. The number of aromatic nitrogens is 1. The molecule has 2 rings (SSSR count). The molecule has 0 bridgehead atoms. The van der Waals surface area contributed by atoms with Gasteiger partial charge in [-0.2, -0.15) is 0 Å². The number of piperidine rings is 1. The molecule has 0 saturated carbocycles. The van der Waals surface area contributed by atoms with Crippen LogP contribution in [0, 0.1) is 5.92 Å². The fraction of sp³-hybridized carbons (Fsp3) is 0.667. The summed E-state index contributed by atoms with van der Waals surface area (Å²) < 4.78 is 0. The maximum atomic E-state index is 11.1. The SMILES string of the molecule is CC(=O)NC1CCN(Cc2cnc(N)s2)CC1C. The van der Waals surface area contributed by atoms with E-state index in [0.29, 0.717) is 17.1 Å². The van der Waals surface area contributed by atoms with Gasteiger partial charge in [0, 0.05) is 43.7 Å². The molecule has 2 heterocycles. The van der Waals surface area contributed by atoms with Gasteiger partial charge in [-0.25, -0.2) is 4.98 Å². The Morgan fingerprint density at radius 3 is 3.06 bits per heavy atom. The van der Waals surface area contributed by atoms with Crippen molar-refractivity contribution in [3.63, 3.8) is 0 Å². The standard InChI is InChI=1S/C12H20N4OS/c1-8-6-16(4-3-11(8)15-9(2)17)7-10-5-14-12(13)18-10/h5,8,11H,3-4,6-7H2,1-2H3,(H2,13,14)(H,15,17). The fourth-order valence-electron chi connectivity index (χ4n) is 2.47. The second kappa shape index (κ2) is 5.67. The first-order valence-electron chi connectivity index (χ1n) is 6.24. The van der Waals surface area contributed by atoms with Gasteiger partial charge in [0.2, 0.25) is 5.91 Å². The second-order valence-corrected chi connectivity index (χ2v) is 6.12. The van der Waals surface area contributed by atoms with Crippen LogP contribution in [0.1, 0.15) is 25.1 Å². The topological polar surface area (TPSA) is 71.2 Å². The minimum Gasteiger partial charge on any atom is -0.375 e. The molecule has 1 aliphatic heterocycles. The molecule has 18 heavy (non-hydrogen) atoms. The van der Waals surface area contributed by atoms with E-state index in [4.69, 9.17) is 5.73 Å². The number of carbonyl (C=O) groups excluding carboxylic acids is 1. The predicted molar refractivity (Wildman–Crippen MR) is 73.2 cm³/mol. The van der Waals surface area contributed by atoms with Crippen LogP contribution in [0.25, 0.3) is 0 Å². The highest BCUT2D eigenvalue weighted by atomic mass is 32.1. The molecule has 0 radical (unpaired) electrons. The number of carbonyl (C=O) groups is 1. The van der Waals surface area contributed by atoms with E-state index >= 15 is 0 Å². The first kappa shape index (κ1) is 13.3. The third-order valence-electron chi connectivity index (χ3n) is 3.33.